The van der Waals surface area contributed by atoms with Crippen LogP contribution < -0.4 is 26.8 Å². The van der Waals surface area contributed by atoms with Crippen LogP contribution in [-0.4, -0.2) is 46.5 Å². The molecule has 0 spiro atoms. The third kappa shape index (κ3) is 5.18. The number of anilines is 3. The predicted molar refractivity (Wildman–Crippen MR) is 122 cm³/mol. The molecule has 0 radical (unpaired) electrons. The first-order valence-electron chi connectivity index (χ1n) is 10.6. The van der Waals surface area contributed by atoms with Gasteiger partial charge in [-0.1, -0.05) is 12.1 Å². The minimum Gasteiger partial charge on any atom is -0.355 e. The SMILES string of the molecule is Cc1cccc(Nc2nc(NCCCNC(=O)C3CCCN3)nc3cc[nH]c(=O)c23)c1. The monoisotopic (exact) mass is 421 g/mol. The van der Waals surface area contributed by atoms with Gasteiger partial charge in [0.05, 0.1) is 11.6 Å². The van der Waals surface area contributed by atoms with Gasteiger partial charge in [0.25, 0.3) is 5.56 Å². The average Bonchev–Trinajstić information content (AvgIpc) is 3.28. The first kappa shape index (κ1) is 20.8. The number of aromatic nitrogens is 3. The third-order valence-electron chi connectivity index (χ3n) is 5.21. The highest BCUT2D eigenvalue weighted by Crippen LogP contribution is 2.23. The number of hydrogen-bond donors (Lipinski definition) is 5. The van der Waals surface area contributed by atoms with E-state index in [0.717, 1.165) is 37.1 Å². The van der Waals surface area contributed by atoms with Gasteiger partial charge in [-0.15, -0.1) is 0 Å². The van der Waals surface area contributed by atoms with Crippen molar-refractivity contribution in [1.82, 2.24) is 25.6 Å². The summed E-state index contributed by atoms with van der Waals surface area (Å²) in [6.07, 6.45) is 4.24. The topological polar surface area (TPSA) is 124 Å². The molecular weight excluding hydrogens is 394 g/mol. The van der Waals surface area contributed by atoms with Crippen molar-refractivity contribution in [3.05, 3.63) is 52.4 Å². The van der Waals surface area contributed by atoms with Crippen LogP contribution in [0.4, 0.5) is 17.5 Å². The van der Waals surface area contributed by atoms with Gasteiger partial charge in [-0.3, -0.25) is 9.59 Å². The molecule has 9 nitrogen and oxygen atoms in total. The molecule has 1 fully saturated rings. The largest absolute Gasteiger partial charge is 0.355 e. The maximum absolute atomic E-state index is 12.4. The molecule has 5 N–H and O–H groups in total. The van der Waals surface area contributed by atoms with E-state index in [1.54, 1.807) is 12.3 Å². The van der Waals surface area contributed by atoms with Crippen LogP contribution in [0.3, 0.4) is 0 Å². The van der Waals surface area contributed by atoms with Crippen LogP contribution in [0.15, 0.2) is 41.3 Å². The number of H-pyrrole nitrogens is 1. The van der Waals surface area contributed by atoms with Crippen LogP contribution in [0.25, 0.3) is 10.9 Å². The van der Waals surface area contributed by atoms with Crippen molar-refractivity contribution in [2.45, 2.75) is 32.2 Å². The summed E-state index contributed by atoms with van der Waals surface area (Å²) in [6, 6.07) is 9.54. The quantitative estimate of drug-likeness (QED) is 0.353. The number of aryl methyl sites for hydroxylation is 1. The molecule has 0 aliphatic carbocycles. The van der Waals surface area contributed by atoms with Crippen LogP contribution in [-0.2, 0) is 4.79 Å². The number of benzene rings is 1. The molecule has 1 saturated heterocycles. The number of fused-ring (bicyclic) bond motifs is 1. The van der Waals surface area contributed by atoms with E-state index in [9.17, 15) is 9.59 Å². The number of carbonyl (C=O) groups excluding carboxylic acids is 1. The standard InChI is InChI=1S/C22H27N7O2/c1-14-5-2-6-15(13-14)27-19-18-16(8-12-25-21(18)31)28-22(29-19)26-11-4-10-24-20(30)17-7-3-9-23-17/h2,5-6,8,12-13,17,23H,3-4,7,9-11H2,1H3,(H,24,30)(H,25,31)(H2,26,27,28,29). The molecular formula is C22H27N7O2. The molecule has 1 atom stereocenters. The Morgan fingerprint density at radius 1 is 1.23 bits per heavy atom. The molecule has 162 valence electrons. The second-order valence-electron chi connectivity index (χ2n) is 7.68. The zero-order valence-electron chi connectivity index (χ0n) is 17.5. The summed E-state index contributed by atoms with van der Waals surface area (Å²) in [6.45, 7) is 4.08. The summed E-state index contributed by atoms with van der Waals surface area (Å²) >= 11 is 0. The zero-order valence-corrected chi connectivity index (χ0v) is 17.5. The van der Waals surface area contributed by atoms with E-state index in [4.69, 9.17) is 0 Å². The second kappa shape index (κ2) is 9.57. The number of nitrogens with zero attached hydrogens (tertiary/aromatic N) is 2. The van der Waals surface area contributed by atoms with Crippen LogP contribution in [0.1, 0.15) is 24.8 Å². The fraction of sp³-hybridized carbons (Fsp3) is 0.364. The van der Waals surface area contributed by atoms with Crippen LogP contribution in [0, 0.1) is 6.92 Å². The van der Waals surface area contributed by atoms with E-state index >= 15 is 0 Å². The smallest absolute Gasteiger partial charge is 0.261 e. The number of hydrogen-bond acceptors (Lipinski definition) is 7. The minimum absolute atomic E-state index is 0.0586. The highest BCUT2D eigenvalue weighted by molar-refractivity contribution is 5.90. The van der Waals surface area contributed by atoms with E-state index < -0.39 is 0 Å². The first-order chi connectivity index (χ1) is 15.1. The number of carbonyl (C=O) groups is 1. The number of rotatable bonds is 8. The predicted octanol–water partition coefficient (Wildman–Crippen LogP) is 2.04. The lowest BCUT2D eigenvalue weighted by Crippen LogP contribution is -2.41. The van der Waals surface area contributed by atoms with E-state index in [0.29, 0.717) is 35.8 Å². The van der Waals surface area contributed by atoms with E-state index in [1.165, 1.54) is 0 Å². The van der Waals surface area contributed by atoms with Gasteiger partial charge < -0.3 is 26.3 Å². The summed E-state index contributed by atoms with van der Waals surface area (Å²) in [4.78, 5) is 36.1. The van der Waals surface area contributed by atoms with Crippen molar-refractivity contribution in [2.75, 3.05) is 30.3 Å². The first-order valence-corrected chi connectivity index (χ1v) is 10.6. The van der Waals surface area contributed by atoms with Gasteiger partial charge in [-0.05, 0) is 56.5 Å². The zero-order chi connectivity index (χ0) is 21.6. The molecule has 31 heavy (non-hydrogen) atoms. The van der Waals surface area contributed by atoms with Gasteiger partial charge in [0.1, 0.15) is 11.2 Å². The number of aromatic amines is 1. The molecule has 1 unspecified atom stereocenters. The molecule has 3 heterocycles. The Hall–Kier alpha value is -3.46. The molecule has 2 aromatic heterocycles. The average molecular weight is 422 g/mol. The summed E-state index contributed by atoms with van der Waals surface area (Å²) in [7, 11) is 0. The minimum atomic E-state index is -0.248. The highest BCUT2D eigenvalue weighted by Gasteiger charge is 2.21. The number of pyridine rings is 1. The Balaban J connectivity index is 1.43. The molecule has 3 aromatic rings. The molecule has 0 bridgehead atoms. The van der Waals surface area contributed by atoms with E-state index in [-0.39, 0.29) is 17.5 Å². The maximum atomic E-state index is 12.4. The third-order valence-corrected chi connectivity index (χ3v) is 5.21. The summed E-state index contributed by atoms with van der Waals surface area (Å²) in [5.74, 6) is 0.931. The van der Waals surface area contributed by atoms with Crippen molar-refractivity contribution in [2.24, 2.45) is 0 Å². The van der Waals surface area contributed by atoms with Gasteiger partial charge in [0, 0.05) is 25.0 Å². The fourth-order valence-electron chi connectivity index (χ4n) is 3.65. The lowest BCUT2D eigenvalue weighted by atomic mass is 10.2. The van der Waals surface area contributed by atoms with Crippen molar-refractivity contribution in [3.63, 3.8) is 0 Å². The maximum Gasteiger partial charge on any atom is 0.261 e. The number of nitrogens with one attached hydrogen (secondary N) is 5. The normalized spacial score (nSPS) is 15.7. The molecule has 9 heteroatoms. The van der Waals surface area contributed by atoms with Gasteiger partial charge in [0.15, 0.2) is 0 Å². The van der Waals surface area contributed by atoms with E-state index in [2.05, 4.69) is 36.2 Å². The van der Waals surface area contributed by atoms with Gasteiger partial charge in [0.2, 0.25) is 11.9 Å². The Labute approximate surface area is 180 Å². The fourth-order valence-corrected chi connectivity index (χ4v) is 3.65. The lowest BCUT2D eigenvalue weighted by Gasteiger charge is -2.13. The van der Waals surface area contributed by atoms with Gasteiger partial charge >= 0.3 is 0 Å². The molecule has 1 aliphatic heterocycles. The summed E-state index contributed by atoms with van der Waals surface area (Å²) < 4.78 is 0. The lowest BCUT2D eigenvalue weighted by molar-refractivity contribution is -0.122. The molecule has 1 aromatic carbocycles. The number of amides is 1. The Morgan fingerprint density at radius 3 is 2.94 bits per heavy atom. The van der Waals surface area contributed by atoms with Gasteiger partial charge in [-0.2, -0.15) is 4.98 Å². The van der Waals surface area contributed by atoms with Gasteiger partial charge in [-0.25, -0.2) is 4.98 Å². The van der Waals surface area contributed by atoms with Crippen LogP contribution in [0.2, 0.25) is 0 Å². The molecule has 1 aliphatic rings. The van der Waals surface area contributed by atoms with Crippen LogP contribution in [0.5, 0.6) is 0 Å². The Morgan fingerprint density at radius 2 is 2.13 bits per heavy atom. The van der Waals surface area contributed by atoms with E-state index in [1.807, 2.05) is 31.2 Å². The van der Waals surface area contributed by atoms with Crippen LogP contribution >= 0.6 is 0 Å². The van der Waals surface area contributed by atoms with Crippen molar-refractivity contribution in [1.29, 1.82) is 0 Å². The van der Waals surface area contributed by atoms with Crippen molar-refractivity contribution < 1.29 is 4.79 Å². The summed E-state index contributed by atoms with van der Waals surface area (Å²) in [5, 5.41) is 13.0. The highest BCUT2D eigenvalue weighted by atomic mass is 16.2. The Bertz CT molecular complexity index is 1120. The molecule has 4 rings (SSSR count). The van der Waals surface area contributed by atoms with Crippen molar-refractivity contribution >= 4 is 34.3 Å². The summed E-state index contributed by atoms with van der Waals surface area (Å²) in [5.41, 5.74) is 2.25. The second-order valence-corrected chi connectivity index (χ2v) is 7.68. The van der Waals surface area contributed by atoms with Crippen molar-refractivity contribution in [3.8, 4) is 0 Å². The molecule has 0 saturated carbocycles. The Kier molecular flexibility index (Phi) is 6.42. The molecule has 1 amide bonds.